The van der Waals surface area contributed by atoms with Crippen LogP contribution in [0.25, 0.3) is 0 Å². The summed E-state index contributed by atoms with van der Waals surface area (Å²) in [4.78, 5) is 45.8. The maximum atomic E-state index is 11.9. The van der Waals surface area contributed by atoms with Crippen LogP contribution in [0.5, 0.6) is 0 Å². The third-order valence-electron chi connectivity index (χ3n) is 2.82. The van der Waals surface area contributed by atoms with Gasteiger partial charge < -0.3 is 23.7 Å². The van der Waals surface area contributed by atoms with Gasteiger partial charge in [0.2, 0.25) is 0 Å². The van der Waals surface area contributed by atoms with Crippen LogP contribution in [0, 0.1) is 0 Å². The Hall–Kier alpha value is -1.68. The Morgan fingerprint density at radius 3 is 1.70 bits per heavy atom. The molecule has 0 N–H and O–H groups in total. The first kappa shape index (κ1) is 19.4. The van der Waals surface area contributed by atoms with Gasteiger partial charge >= 0.3 is 23.9 Å². The van der Waals surface area contributed by atoms with E-state index < -0.39 is 53.3 Å². The number of carbonyl (C=O) groups excluding carboxylic acids is 4. The molecule has 0 aliphatic carbocycles. The van der Waals surface area contributed by atoms with Gasteiger partial charge in [0.1, 0.15) is 0 Å². The summed E-state index contributed by atoms with van der Waals surface area (Å²) in [5, 5.41) is -0.980. The van der Waals surface area contributed by atoms with Gasteiger partial charge in [0.15, 0.2) is 29.4 Å². The van der Waals surface area contributed by atoms with Crippen LogP contribution >= 0.6 is 15.9 Å². The molecular formula is C13H17BrO9. The van der Waals surface area contributed by atoms with Crippen molar-refractivity contribution < 1.29 is 42.9 Å². The molecule has 1 saturated heterocycles. The summed E-state index contributed by atoms with van der Waals surface area (Å²) in [5.74, 6) is -2.95. The normalized spacial score (nSPS) is 30.0. The summed E-state index contributed by atoms with van der Waals surface area (Å²) in [6.45, 7) is 3.39. The minimum absolute atomic E-state index is 0.668. The van der Waals surface area contributed by atoms with Gasteiger partial charge in [-0.1, -0.05) is 15.9 Å². The third kappa shape index (κ3) is 5.17. The van der Waals surface area contributed by atoms with Crippen molar-refractivity contribution >= 4 is 39.8 Å². The average molecular weight is 403 g/mol. The van der Waals surface area contributed by atoms with Crippen LogP contribution in [0.15, 0.2) is 0 Å². The predicted molar refractivity (Wildman–Crippen MR) is 76.3 cm³/mol. The molecule has 9 nitrogen and oxygen atoms in total. The Morgan fingerprint density at radius 2 is 1.26 bits per heavy atom. The van der Waals surface area contributed by atoms with Crippen LogP contribution in [0.1, 0.15) is 20.8 Å². The fourth-order valence-electron chi connectivity index (χ4n) is 2.07. The summed E-state index contributed by atoms with van der Waals surface area (Å²) in [6, 6.07) is 0. The smallest absolute Gasteiger partial charge is 0.339 e. The molecule has 130 valence electrons. The SMILES string of the molecule is CO[13C](=O)[13C@H]1O[13C@H](Br)[13C@H](OC(C)=O)[13C@@H](OC(C)=O)[13C@@H]1OC(C)=O. The molecule has 0 aromatic heterocycles. The molecule has 0 amide bonds. The lowest BCUT2D eigenvalue weighted by Crippen LogP contribution is -2.61. The number of hydrogen-bond donors (Lipinski definition) is 0. The Morgan fingerprint density at radius 1 is 0.826 bits per heavy atom. The topological polar surface area (TPSA) is 114 Å². The zero-order valence-corrected chi connectivity index (χ0v) is 14.5. The summed E-state index contributed by atoms with van der Waals surface area (Å²) in [7, 11) is 1.12. The van der Waals surface area contributed by atoms with E-state index in [0.717, 1.165) is 27.9 Å². The fraction of sp³-hybridized carbons (Fsp3) is 0.692. The van der Waals surface area contributed by atoms with E-state index in [2.05, 4.69) is 20.7 Å². The Kier molecular flexibility index (Phi) is 6.95. The molecule has 0 bridgehead atoms. The van der Waals surface area contributed by atoms with E-state index >= 15 is 0 Å². The standard InChI is InChI=1S/C13H17BrO9/c1-5(15)20-8-9(21-6(2)16)11(13(18)19-4)23-12(14)10(8)22-7(3)17/h8-12H,1-4H3/t8-,9-,10+,11-,12-/m0/s1/i8+1,9+1,10+1,11+1,12+1,13+1. The zero-order chi connectivity index (χ0) is 17.7. The van der Waals surface area contributed by atoms with Crippen molar-refractivity contribution in [3.8, 4) is 0 Å². The first-order valence-corrected chi connectivity index (χ1v) is 7.48. The van der Waals surface area contributed by atoms with Crippen LogP contribution in [-0.2, 0) is 42.9 Å². The van der Waals surface area contributed by atoms with E-state index in [1.807, 2.05) is 0 Å². The highest BCUT2D eigenvalue weighted by Crippen LogP contribution is 2.31. The molecule has 10 heteroatoms. The highest BCUT2D eigenvalue weighted by atomic mass is 79.9. The molecule has 1 heterocycles. The molecule has 0 unspecified atom stereocenters. The first-order valence-electron chi connectivity index (χ1n) is 6.56. The number of hydrogen-bond acceptors (Lipinski definition) is 9. The highest BCUT2D eigenvalue weighted by Gasteiger charge is 2.53. The van der Waals surface area contributed by atoms with E-state index in [1.165, 1.54) is 0 Å². The van der Waals surface area contributed by atoms with Crippen molar-refractivity contribution in [3.63, 3.8) is 0 Å². The maximum absolute atomic E-state index is 11.9. The number of rotatable bonds is 4. The summed E-state index contributed by atoms with van der Waals surface area (Å²) in [5.41, 5.74) is 0. The molecule has 23 heavy (non-hydrogen) atoms. The van der Waals surface area contributed by atoms with Gasteiger partial charge in [-0.3, -0.25) is 14.4 Å². The molecule has 1 aliphatic rings. The minimum atomic E-state index is -1.36. The van der Waals surface area contributed by atoms with Crippen molar-refractivity contribution in [1.29, 1.82) is 0 Å². The zero-order valence-electron chi connectivity index (χ0n) is 12.9. The lowest BCUT2D eigenvalue weighted by Gasteiger charge is -2.41. The summed E-state index contributed by atoms with van der Waals surface area (Å²) in [6.07, 6.45) is -5.06. The Bertz CT molecular complexity index is 492. The van der Waals surface area contributed by atoms with Gasteiger partial charge in [-0.25, -0.2) is 4.79 Å². The first-order chi connectivity index (χ1) is 10.7. The van der Waals surface area contributed by atoms with Crippen LogP contribution in [0.2, 0.25) is 0 Å². The lowest BCUT2D eigenvalue weighted by atomic mass is 10.8. The molecule has 0 saturated carbocycles. The van der Waals surface area contributed by atoms with Crippen LogP contribution in [0.3, 0.4) is 0 Å². The van der Waals surface area contributed by atoms with Crippen LogP contribution in [0.4, 0.5) is 0 Å². The molecule has 0 radical (unpaired) electrons. The Balaban J connectivity index is 3.21. The molecule has 0 aromatic rings. The van der Waals surface area contributed by atoms with Gasteiger partial charge in [0, 0.05) is 20.8 Å². The third-order valence-corrected chi connectivity index (χ3v) is 3.56. The van der Waals surface area contributed by atoms with E-state index in [9.17, 15) is 19.2 Å². The molecule has 5 atom stereocenters. The van der Waals surface area contributed by atoms with E-state index in [0.29, 0.717) is 0 Å². The number of alkyl halides is 1. The van der Waals surface area contributed by atoms with E-state index in [1.54, 1.807) is 0 Å². The van der Waals surface area contributed by atoms with Gasteiger partial charge in [0.05, 0.1) is 7.11 Å². The van der Waals surface area contributed by atoms with Gasteiger partial charge in [-0.15, -0.1) is 0 Å². The van der Waals surface area contributed by atoms with Crippen molar-refractivity contribution in [2.24, 2.45) is 0 Å². The summed E-state index contributed by atoms with van der Waals surface area (Å²) >= 11 is 3.11. The maximum Gasteiger partial charge on any atom is 0.339 e. The highest BCUT2D eigenvalue weighted by molar-refractivity contribution is 9.09. The number of ether oxygens (including phenoxy) is 5. The largest absolute Gasteiger partial charge is 0.467 e. The molecule has 1 aliphatic heterocycles. The lowest BCUT2D eigenvalue weighted by molar-refractivity contribution is -0.234. The predicted octanol–water partition coefficient (Wildman–Crippen LogP) is 0.0743. The van der Waals surface area contributed by atoms with Crippen molar-refractivity contribution in [2.75, 3.05) is 7.11 Å². The average Bonchev–Trinajstić information content (AvgIpc) is 2.43. The Labute approximate surface area is 140 Å². The molecule has 1 rings (SSSR count). The van der Waals surface area contributed by atoms with Gasteiger partial charge in [-0.05, 0) is 0 Å². The van der Waals surface area contributed by atoms with Crippen LogP contribution in [-0.4, -0.2) is 60.4 Å². The van der Waals surface area contributed by atoms with Crippen molar-refractivity contribution in [2.45, 2.75) is 50.2 Å². The van der Waals surface area contributed by atoms with Gasteiger partial charge in [0.25, 0.3) is 0 Å². The monoisotopic (exact) mass is 402 g/mol. The minimum Gasteiger partial charge on any atom is -0.467 e. The van der Waals surface area contributed by atoms with Crippen LogP contribution < -0.4 is 0 Å². The number of halogens is 1. The molecule has 0 spiro atoms. The molecule has 0 aromatic carbocycles. The second-order valence-corrected chi connectivity index (χ2v) is 5.56. The summed E-state index contributed by atoms with van der Waals surface area (Å²) < 4.78 is 25.2. The van der Waals surface area contributed by atoms with Gasteiger partial charge in [-0.2, -0.15) is 0 Å². The number of methoxy groups -OCH3 is 1. The molecular weight excluding hydrogens is 386 g/mol. The second-order valence-electron chi connectivity index (χ2n) is 4.65. The van der Waals surface area contributed by atoms with Crippen molar-refractivity contribution in [3.05, 3.63) is 0 Å². The quantitative estimate of drug-likeness (QED) is 0.279. The van der Waals surface area contributed by atoms with E-state index in [-0.39, 0.29) is 0 Å². The fourth-order valence-corrected chi connectivity index (χ4v) is 2.71. The second kappa shape index (κ2) is 8.25. The molecule has 1 fully saturated rings. The number of carbonyl (C=O) groups is 4. The van der Waals surface area contributed by atoms with Crippen molar-refractivity contribution in [1.82, 2.24) is 0 Å². The van der Waals surface area contributed by atoms with E-state index in [4.69, 9.17) is 18.9 Å². The number of esters is 4.